The number of rotatable bonds is 4. The molecule has 160 valence electrons. The van der Waals surface area contributed by atoms with E-state index in [0.717, 1.165) is 53.6 Å². The van der Waals surface area contributed by atoms with Gasteiger partial charge in [0.05, 0.1) is 12.5 Å². The Balaban J connectivity index is 1.60. The number of nitrogens with one attached hydrogen (secondary N) is 1. The molecular weight excluding hydrogens is 386 g/mol. The monoisotopic (exact) mass is 415 g/mol. The number of fused-ring (bicyclic) bond motifs is 3. The molecular formula is C26H29N3O2. The molecule has 2 aromatic heterocycles. The highest BCUT2D eigenvalue weighted by molar-refractivity contribution is 6.00. The highest BCUT2D eigenvalue weighted by Gasteiger charge is 2.49. The SMILES string of the molecule is COc1ccccc1-c1cc2ccc(C)nc2nc1NC(=O)C12CCC(CC(C)C1)C2. The van der Waals surface area contributed by atoms with Crippen molar-refractivity contribution < 1.29 is 9.53 Å². The van der Waals surface area contributed by atoms with Gasteiger partial charge in [-0.2, -0.15) is 0 Å². The number of para-hydroxylation sites is 1. The summed E-state index contributed by atoms with van der Waals surface area (Å²) in [7, 11) is 1.66. The fourth-order valence-electron chi connectivity index (χ4n) is 5.80. The van der Waals surface area contributed by atoms with Gasteiger partial charge in [-0.15, -0.1) is 0 Å². The van der Waals surface area contributed by atoms with Crippen LogP contribution >= 0.6 is 0 Å². The number of nitrogens with zero attached hydrogens (tertiary/aromatic N) is 2. The Morgan fingerprint density at radius 3 is 2.81 bits per heavy atom. The van der Waals surface area contributed by atoms with Gasteiger partial charge in [0.25, 0.3) is 0 Å². The number of hydrogen-bond acceptors (Lipinski definition) is 4. The summed E-state index contributed by atoms with van der Waals surface area (Å²) in [5, 5.41) is 4.17. The van der Waals surface area contributed by atoms with Gasteiger partial charge in [0.15, 0.2) is 5.65 Å². The van der Waals surface area contributed by atoms with Crippen molar-refractivity contribution in [2.24, 2.45) is 17.3 Å². The average Bonchev–Trinajstić information content (AvgIpc) is 3.08. The normalized spacial score (nSPS) is 24.9. The summed E-state index contributed by atoms with van der Waals surface area (Å²) >= 11 is 0. The molecule has 2 heterocycles. The van der Waals surface area contributed by atoms with Crippen molar-refractivity contribution in [1.29, 1.82) is 0 Å². The lowest BCUT2D eigenvalue weighted by molar-refractivity contribution is -0.127. The van der Waals surface area contributed by atoms with Crippen LogP contribution in [-0.4, -0.2) is 23.0 Å². The lowest BCUT2D eigenvalue weighted by Gasteiger charge is -2.35. The van der Waals surface area contributed by atoms with Crippen LogP contribution in [0.4, 0.5) is 5.82 Å². The van der Waals surface area contributed by atoms with Gasteiger partial charge in [0.1, 0.15) is 11.6 Å². The topological polar surface area (TPSA) is 64.1 Å². The molecule has 0 aliphatic heterocycles. The Morgan fingerprint density at radius 2 is 1.97 bits per heavy atom. The second-order valence-electron chi connectivity index (χ2n) is 9.47. The molecule has 5 rings (SSSR count). The van der Waals surface area contributed by atoms with Crippen molar-refractivity contribution in [3.05, 3.63) is 48.2 Å². The predicted octanol–water partition coefficient (Wildman–Crippen LogP) is 5.77. The molecule has 1 aromatic carbocycles. The van der Waals surface area contributed by atoms with Crippen LogP contribution in [0.2, 0.25) is 0 Å². The Labute approximate surface area is 183 Å². The summed E-state index contributed by atoms with van der Waals surface area (Å²) in [6, 6.07) is 13.9. The summed E-state index contributed by atoms with van der Waals surface area (Å²) in [6.45, 7) is 4.23. The summed E-state index contributed by atoms with van der Waals surface area (Å²) < 4.78 is 5.61. The zero-order valence-electron chi connectivity index (χ0n) is 18.4. The van der Waals surface area contributed by atoms with Gasteiger partial charge < -0.3 is 10.1 Å². The molecule has 3 unspecified atom stereocenters. The predicted molar refractivity (Wildman–Crippen MR) is 123 cm³/mol. The maximum Gasteiger partial charge on any atom is 0.231 e. The molecule has 3 atom stereocenters. The number of amides is 1. The van der Waals surface area contributed by atoms with E-state index in [4.69, 9.17) is 9.72 Å². The second-order valence-corrected chi connectivity index (χ2v) is 9.47. The number of benzene rings is 1. The lowest BCUT2D eigenvalue weighted by Crippen LogP contribution is -2.38. The number of methoxy groups -OCH3 is 1. The van der Waals surface area contributed by atoms with Gasteiger partial charge in [-0.25, -0.2) is 9.97 Å². The summed E-state index contributed by atoms with van der Waals surface area (Å²) in [4.78, 5) is 23.1. The molecule has 31 heavy (non-hydrogen) atoms. The quantitative estimate of drug-likeness (QED) is 0.588. The number of anilines is 1. The van der Waals surface area contributed by atoms with E-state index in [9.17, 15) is 4.79 Å². The molecule has 2 bridgehead atoms. The minimum atomic E-state index is -0.267. The van der Waals surface area contributed by atoms with Gasteiger partial charge in [0, 0.05) is 22.2 Å². The molecule has 0 radical (unpaired) electrons. The first kappa shape index (κ1) is 20.0. The highest BCUT2D eigenvalue weighted by atomic mass is 16.5. The molecule has 0 saturated heterocycles. The number of hydrogen-bond donors (Lipinski definition) is 1. The maximum absolute atomic E-state index is 13.6. The fraction of sp³-hybridized carbons (Fsp3) is 0.423. The number of aryl methyl sites for hydroxylation is 1. The van der Waals surface area contributed by atoms with Gasteiger partial charge in [-0.1, -0.05) is 25.1 Å². The van der Waals surface area contributed by atoms with Crippen molar-refractivity contribution in [3.8, 4) is 16.9 Å². The molecule has 2 aliphatic carbocycles. The molecule has 2 saturated carbocycles. The Bertz CT molecular complexity index is 1160. The van der Waals surface area contributed by atoms with Crippen LogP contribution in [-0.2, 0) is 4.79 Å². The first-order chi connectivity index (χ1) is 15.0. The average molecular weight is 416 g/mol. The van der Waals surface area contributed by atoms with Gasteiger partial charge in [0.2, 0.25) is 5.91 Å². The van der Waals surface area contributed by atoms with E-state index in [2.05, 4.69) is 23.3 Å². The van der Waals surface area contributed by atoms with Crippen LogP contribution in [0.1, 0.15) is 44.7 Å². The third-order valence-electron chi connectivity index (χ3n) is 7.11. The summed E-state index contributed by atoms with van der Waals surface area (Å²) in [6.07, 6.45) is 5.34. The number of ether oxygens (including phenoxy) is 1. The minimum Gasteiger partial charge on any atom is -0.496 e. The largest absolute Gasteiger partial charge is 0.496 e. The van der Waals surface area contributed by atoms with E-state index >= 15 is 0 Å². The van der Waals surface area contributed by atoms with Crippen molar-refractivity contribution in [3.63, 3.8) is 0 Å². The van der Waals surface area contributed by atoms with Crippen LogP contribution in [0.5, 0.6) is 5.75 Å². The smallest absolute Gasteiger partial charge is 0.231 e. The molecule has 2 fully saturated rings. The number of pyridine rings is 2. The second kappa shape index (κ2) is 7.63. The summed E-state index contributed by atoms with van der Waals surface area (Å²) in [5.74, 6) is 2.70. The third-order valence-corrected chi connectivity index (χ3v) is 7.11. The van der Waals surface area contributed by atoms with E-state index in [1.807, 2.05) is 43.3 Å². The van der Waals surface area contributed by atoms with Crippen LogP contribution in [0.3, 0.4) is 0 Å². The molecule has 3 aromatic rings. The molecule has 1 amide bonds. The fourth-order valence-corrected chi connectivity index (χ4v) is 5.80. The molecule has 5 nitrogen and oxygen atoms in total. The Hall–Kier alpha value is -2.95. The molecule has 2 aliphatic rings. The van der Waals surface area contributed by atoms with E-state index < -0.39 is 0 Å². The minimum absolute atomic E-state index is 0.109. The first-order valence-corrected chi connectivity index (χ1v) is 11.2. The van der Waals surface area contributed by atoms with Crippen molar-refractivity contribution in [1.82, 2.24) is 9.97 Å². The maximum atomic E-state index is 13.6. The van der Waals surface area contributed by atoms with E-state index in [1.54, 1.807) is 7.11 Å². The third kappa shape index (κ3) is 3.56. The first-order valence-electron chi connectivity index (χ1n) is 11.2. The van der Waals surface area contributed by atoms with Crippen LogP contribution < -0.4 is 10.1 Å². The zero-order chi connectivity index (χ0) is 21.6. The molecule has 0 spiro atoms. The highest BCUT2D eigenvalue weighted by Crippen LogP contribution is 2.54. The van der Waals surface area contributed by atoms with Crippen molar-refractivity contribution in [2.45, 2.75) is 46.0 Å². The van der Waals surface area contributed by atoms with Crippen molar-refractivity contribution in [2.75, 3.05) is 12.4 Å². The van der Waals surface area contributed by atoms with Crippen molar-refractivity contribution >= 4 is 22.8 Å². The van der Waals surface area contributed by atoms with E-state index in [0.29, 0.717) is 23.3 Å². The van der Waals surface area contributed by atoms with Crippen LogP contribution in [0.25, 0.3) is 22.2 Å². The van der Waals surface area contributed by atoms with Crippen LogP contribution in [0.15, 0.2) is 42.5 Å². The molecule has 5 heteroatoms. The van der Waals surface area contributed by atoms with Gasteiger partial charge in [-0.3, -0.25) is 4.79 Å². The number of carbonyl (C=O) groups excluding carboxylic acids is 1. The number of aromatic nitrogens is 2. The Morgan fingerprint density at radius 1 is 1.13 bits per heavy atom. The zero-order valence-corrected chi connectivity index (χ0v) is 18.4. The van der Waals surface area contributed by atoms with E-state index in [-0.39, 0.29) is 11.3 Å². The standard InChI is InChI=1S/C26H29N3O2/c1-16-12-18-10-11-26(14-16,15-18)25(30)29-24-21(20-6-4-5-7-22(20)31-3)13-19-9-8-17(2)27-23(19)28-24/h4-9,13,16,18H,10-12,14-15H2,1-3H3,(H,27,28,29,30). The summed E-state index contributed by atoms with van der Waals surface area (Å²) in [5.41, 5.74) is 3.05. The Kier molecular flexibility index (Phi) is 4.92. The van der Waals surface area contributed by atoms with Crippen LogP contribution in [0, 0.1) is 24.2 Å². The van der Waals surface area contributed by atoms with E-state index in [1.165, 1.54) is 6.42 Å². The van der Waals surface area contributed by atoms with Gasteiger partial charge >= 0.3 is 0 Å². The lowest BCUT2D eigenvalue weighted by atomic mass is 9.71. The number of carbonyl (C=O) groups is 1. The van der Waals surface area contributed by atoms with Gasteiger partial charge in [-0.05, 0) is 75.1 Å². The molecule has 1 N–H and O–H groups in total.